The minimum absolute atomic E-state index is 0.0879. The molecule has 0 spiro atoms. The van der Waals surface area contributed by atoms with Gasteiger partial charge >= 0.3 is 0 Å². The lowest BCUT2D eigenvalue weighted by Gasteiger charge is -2.13. The number of halogens is 2. The Bertz CT molecular complexity index is 743. The summed E-state index contributed by atoms with van der Waals surface area (Å²) in [6, 6.07) is 7.00. The monoisotopic (exact) mass is 335 g/mol. The zero-order valence-electron chi connectivity index (χ0n) is 13.5. The summed E-state index contributed by atoms with van der Waals surface area (Å²) in [7, 11) is 0. The topological polar surface area (TPSA) is 56.2 Å². The number of aromatic nitrogens is 2. The van der Waals surface area contributed by atoms with Crippen LogP contribution in [0.3, 0.4) is 0 Å². The Morgan fingerprint density at radius 1 is 1.42 bits per heavy atom. The van der Waals surface area contributed by atoms with Crippen molar-refractivity contribution >= 4 is 5.91 Å². The first-order chi connectivity index (χ1) is 11.5. The maximum Gasteiger partial charge on any atom is 0.280 e. The highest BCUT2D eigenvalue weighted by Crippen LogP contribution is 2.32. The number of benzene rings is 1. The van der Waals surface area contributed by atoms with Gasteiger partial charge in [-0.3, -0.25) is 9.48 Å². The summed E-state index contributed by atoms with van der Waals surface area (Å²) in [6.45, 7) is 4.44. The second kappa shape index (κ2) is 6.59. The van der Waals surface area contributed by atoms with E-state index in [1.165, 1.54) is 10.9 Å². The summed E-state index contributed by atoms with van der Waals surface area (Å²) in [4.78, 5) is 12.5. The SMILES string of the molecule is CC(C)Cn1ncc(C(=O)NC2COc3ccccc32)c1C(F)F. The van der Waals surface area contributed by atoms with Gasteiger partial charge in [0.25, 0.3) is 12.3 Å². The standard InChI is InChI=1S/C17H19F2N3O2/c1-10(2)8-22-15(16(18)19)12(7-20-22)17(23)21-13-9-24-14-6-4-3-5-11(13)14/h3-7,10,13,16H,8-9H2,1-2H3,(H,21,23). The molecule has 128 valence electrons. The van der Waals surface area contributed by atoms with E-state index in [-0.39, 0.29) is 29.8 Å². The van der Waals surface area contributed by atoms with Crippen molar-refractivity contribution in [1.29, 1.82) is 0 Å². The first kappa shape index (κ1) is 16.4. The third-order valence-electron chi connectivity index (χ3n) is 3.87. The second-order valence-corrected chi connectivity index (χ2v) is 6.20. The summed E-state index contributed by atoms with van der Waals surface area (Å²) < 4.78 is 33.5. The molecule has 1 aliphatic heterocycles. The minimum atomic E-state index is -2.76. The molecule has 1 unspecified atom stereocenters. The van der Waals surface area contributed by atoms with Crippen molar-refractivity contribution in [3.63, 3.8) is 0 Å². The average Bonchev–Trinajstić information content (AvgIpc) is 3.11. The fourth-order valence-corrected chi connectivity index (χ4v) is 2.81. The van der Waals surface area contributed by atoms with Crippen LogP contribution in [0.15, 0.2) is 30.5 Å². The number of rotatable bonds is 5. The van der Waals surface area contributed by atoms with Crippen molar-refractivity contribution < 1.29 is 18.3 Å². The molecule has 1 N–H and O–H groups in total. The number of nitrogens with one attached hydrogen (secondary N) is 1. The zero-order chi connectivity index (χ0) is 17.3. The van der Waals surface area contributed by atoms with Crippen LogP contribution < -0.4 is 10.1 Å². The van der Waals surface area contributed by atoms with Gasteiger partial charge in [-0.2, -0.15) is 5.10 Å². The predicted octanol–water partition coefficient (Wildman–Crippen LogP) is 3.34. The Morgan fingerprint density at radius 2 is 2.17 bits per heavy atom. The largest absolute Gasteiger partial charge is 0.491 e. The third-order valence-corrected chi connectivity index (χ3v) is 3.87. The molecular formula is C17H19F2N3O2. The molecule has 7 heteroatoms. The van der Waals surface area contributed by atoms with E-state index in [9.17, 15) is 13.6 Å². The van der Waals surface area contributed by atoms with Crippen molar-refractivity contribution in [2.24, 2.45) is 5.92 Å². The molecule has 0 saturated carbocycles. The quantitative estimate of drug-likeness (QED) is 0.912. The van der Waals surface area contributed by atoms with Crippen LogP contribution in [-0.2, 0) is 6.54 Å². The van der Waals surface area contributed by atoms with E-state index in [4.69, 9.17) is 4.74 Å². The van der Waals surface area contributed by atoms with E-state index >= 15 is 0 Å². The van der Waals surface area contributed by atoms with Crippen LogP contribution in [0.1, 0.15) is 47.9 Å². The van der Waals surface area contributed by atoms with E-state index in [1.54, 1.807) is 0 Å². The van der Waals surface area contributed by atoms with Crippen LogP contribution in [0, 0.1) is 5.92 Å². The molecule has 5 nitrogen and oxygen atoms in total. The van der Waals surface area contributed by atoms with Gasteiger partial charge in [-0.05, 0) is 12.0 Å². The zero-order valence-corrected chi connectivity index (χ0v) is 13.5. The highest BCUT2D eigenvalue weighted by Gasteiger charge is 2.29. The lowest BCUT2D eigenvalue weighted by atomic mass is 10.1. The number of para-hydroxylation sites is 1. The molecule has 1 aliphatic rings. The number of fused-ring (bicyclic) bond motifs is 1. The summed E-state index contributed by atoms with van der Waals surface area (Å²) >= 11 is 0. The van der Waals surface area contributed by atoms with Crippen LogP contribution in [0.4, 0.5) is 8.78 Å². The molecule has 0 fully saturated rings. The Labute approximate surface area is 138 Å². The Morgan fingerprint density at radius 3 is 2.88 bits per heavy atom. The molecule has 1 aromatic heterocycles. The van der Waals surface area contributed by atoms with Crippen molar-refractivity contribution in [2.75, 3.05) is 6.61 Å². The summed E-state index contributed by atoms with van der Waals surface area (Å²) in [5.41, 5.74) is 0.419. The molecule has 1 amide bonds. The Kier molecular flexibility index (Phi) is 4.51. The van der Waals surface area contributed by atoms with Crippen LogP contribution in [-0.4, -0.2) is 22.3 Å². The van der Waals surface area contributed by atoms with E-state index in [0.717, 1.165) is 5.56 Å². The highest BCUT2D eigenvalue weighted by atomic mass is 19.3. The number of carbonyl (C=O) groups is 1. The van der Waals surface area contributed by atoms with Gasteiger partial charge in [0, 0.05) is 12.1 Å². The lowest BCUT2D eigenvalue weighted by molar-refractivity contribution is 0.0912. The smallest absolute Gasteiger partial charge is 0.280 e. The first-order valence-electron chi connectivity index (χ1n) is 7.83. The van der Waals surface area contributed by atoms with Gasteiger partial charge in [0.1, 0.15) is 18.1 Å². The number of carbonyl (C=O) groups excluding carboxylic acids is 1. The van der Waals surface area contributed by atoms with Crippen molar-refractivity contribution in [1.82, 2.24) is 15.1 Å². The minimum Gasteiger partial charge on any atom is -0.491 e. The molecule has 24 heavy (non-hydrogen) atoms. The summed E-state index contributed by atoms with van der Waals surface area (Å²) in [5, 5.41) is 6.72. The summed E-state index contributed by atoms with van der Waals surface area (Å²) in [6.07, 6.45) is -1.56. The Balaban J connectivity index is 1.82. The fourth-order valence-electron chi connectivity index (χ4n) is 2.81. The number of ether oxygens (including phenoxy) is 1. The van der Waals surface area contributed by atoms with Gasteiger partial charge in [0.15, 0.2) is 0 Å². The molecule has 2 aromatic rings. The average molecular weight is 335 g/mol. The van der Waals surface area contributed by atoms with Gasteiger partial charge in [-0.25, -0.2) is 8.78 Å². The summed E-state index contributed by atoms with van der Waals surface area (Å²) in [5.74, 6) is 0.284. The number of alkyl halides is 2. The number of hydrogen-bond acceptors (Lipinski definition) is 3. The first-order valence-corrected chi connectivity index (χ1v) is 7.83. The number of hydrogen-bond donors (Lipinski definition) is 1. The highest BCUT2D eigenvalue weighted by molar-refractivity contribution is 5.95. The van der Waals surface area contributed by atoms with Crippen LogP contribution in [0.2, 0.25) is 0 Å². The van der Waals surface area contributed by atoms with Crippen molar-refractivity contribution in [3.8, 4) is 5.75 Å². The molecular weight excluding hydrogens is 316 g/mol. The van der Waals surface area contributed by atoms with Crippen LogP contribution in [0.5, 0.6) is 5.75 Å². The van der Waals surface area contributed by atoms with Crippen molar-refractivity contribution in [2.45, 2.75) is 32.9 Å². The predicted molar refractivity (Wildman–Crippen MR) is 84.2 cm³/mol. The third kappa shape index (κ3) is 3.11. The second-order valence-electron chi connectivity index (χ2n) is 6.20. The van der Waals surface area contributed by atoms with Gasteiger partial charge < -0.3 is 10.1 Å². The normalized spacial score (nSPS) is 16.3. The lowest BCUT2D eigenvalue weighted by Crippen LogP contribution is -2.30. The van der Waals surface area contributed by atoms with Gasteiger partial charge in [0.05, 0.1) is 17.8 Å². The molecule has 2 heterocycles. The molecule has 0 aliphatic carbocycles. The van der Waals surface area contributed by atoms with E-state index in [0.29, 0.717) is 12.3 Å². The fraction of sp³-hybridized carbons (Fsp3) is 0.412. The van der Waals surface area contributed by atoms with Crippen LogP contribution in [0.25, 0.3) is 0 Å². The van der Waals surface area contributed by atoms with E-state index in [1.807, 2.05) is 38.1 Å². The molecule has 3 rings (SSSR count). The number of amides is 1. The molecule has 0 radical (unpaired) electrons. The van der Waals surface area contributed by atoms with Crippen molar-refractivity contribution in [3.05, 3.63) is 47.3 Å². The molecule has 0 bridgehead atoms. The molecule has 0 saturated heterocycles. The maximum absolute atomic E-state index is 13.4. The van der Waals surface area contributed by atoms with Crippen LogP contribution >= 0.6 is 0 Å². The van der Waals surface area contributed by atoms with Gasteiger partial charge in [0.2, 0.25) is 0 Å². The van der Waals surface area contributed by atoms with Gasteiger partial charge in [-0.1, -0.05) is 32.0 Å². The maximum atomic E-state index is 13.4. The van der Waals surface area contributed by atoms with Gasteiger partial charge in [-0.15, -0.1) is 0 Å². The molecule has 1 atom stereocenters. The van der Waals surface area contributed by atoms with E-state index < -0.39 is 12.3 Å². The van der Waals surface area contributed by atoms with E-state index in [2.05, 4.69) is 10.4 Å². The Hall–Kier alpha value is -2.44. The number of nitrogens with zero attached hydrogens (tertiary/aromatic N) is 2. The molecule has 1 aromatic carbocycles.